The van der Waals surface area contributed by atoms with E-state index in [9.17, 15) is 0 Å². The lowest BCUT2D eigenvalue weighted by Crippen LogP contribution is -2.39. The third-order valence-electron chi connectivity index (χ3n) is 4.29. The Morgan fingerprint density at radius 1 is 1.36 bits per heavy atom. The fraction of sp³-hybridized carbons (Fsp3) is 0.471. The number of ether oxygens (including phenoxy) is 1. The van der Waals surface area contributed by atoms with E-state index in [4.69, 9.17) is 9.84 Å². The minimum absolute atomic E-state index is 0.113. The summed E-state index contributed by atoms with van der Waals surface area (Å²) in [6.45, 7) is 6.21. The number of hydrogen-bond acceptors (Lipinski definition) is 4. The predicted octanol–water partition coefficient (Wildman–Crippen LogP) is 1.59. The molecule has 1 unspecified atom stereocenters. The van der Waals surface area contributed by atoms with Crippen molar-refractivity contribution >= 4 is 0 Å². The van der Waals surface area contributed by atoms with Crippen LogP contribution in [0.1, 0.15) is 22.5 Å². The summed E-state index contributed by atoms with van der Waals surface area (Å²) in [5.74, 6) is 1.00. The first-order valence-electron chi connectivity index (χ1n) is 7.77. The summed E-state index contributed by atoms with van der Waals surface area (Å²) in [6.07, 6.45) is 0.985. The van der Waals surface area contributed by atoms with Crippen LogP contribution >= 0.6 is 0 Å². The first kappa shape index (κ1) is 15.1. The topological polar surface area (TPSA) is 59.3 Å². The molecule has 2 heterocycles. The van der Waals surface area contributed by atoms with E-state index in [1.165, 1.54) is 11.1 Å². The van der Waals surface area contributed by atoms with Gasteiger partial charge in [0.05, 0.1) is 18.8 Å². The zero-order chi connectivity index (χ0) is 15.5. The summed E-state index contributed by atoms with van der Waals surface area (Å²) in [5.41, 5.74) is 4.62. The number of nitrogens with one attached hydrogen (secondary N) is 1. The summed E-state index contributed by atoms with van der Waals surface area (Å²) in [4.78, 5) is 0. The Labute approximate surface area is 130 Å². The second kappa shape index (κ2) is 6.50. The highest BCUT2D eigenvalue weighted by Crippen LogP contribution is 2.24. The Hall–Kier alpha value is -1.85. The van der Waals surface area contributed by atoms with E-state index in [0.29, 0.717) is 19.2 Å². The van der Waals surface area contributed by atoms with Crippen LogP contribution in [0.4, 0.5) is 0 Å². The number of fused-ring (bicyclic) bond motifs is 1. The molecular weight excluding hydrogens is 278 g/mol. The van der Waals surface area contributed by atoms with E-state index in [1.54, 1.807) is 0 Å². The average molecular weight is 301 g/mol. The Balaban J connectivity index is 1.64. The molecule has 0 aliphatic carbocycles. The standard InChI is InChI=1S/C17H23N3O2/c1-12-16(13(2)20(19-12)7-8-21)10-18-15-9-14-5-3-4-6-17(14)22-11-15/h3-6,15,18,21H,7-11H2,1-2H3. The van der Waals surface area contributed by atoms with Crippen molar-refractivity contribution in [3.8, 4) is 5.75 Å². The van der Waals surface area contributed by atoms with Crippen molar-refractivity contribution in [1.82, 2.24) is 15.1 Å². The molecule has 1 aliphatic rings. The van der Waals surface area contributed by atoms with Gasteiger partial charge in [-0.2, -0.15) is 5.10 Å². The highest BCUT2D eigenvalue weighted by atomic mass is 16.5. The maximum Gasteiger partial charge on any atom is 0.122 e. The number of para-hydroxylation sites is 1. The van der Waals surface area contributed by atoms with E-state index >= 15 is 0 Å². The molecule has 0 radical (unpaired) electrons. The van der Waals surface area contributed by atoms with Gasteiger partial charge in [-0.05, 0) is 31.9 Å². The van der Waals surface area contributed by atoms with Gasteiger partial charge in [-0.1, -0.05) is 18.2 Å². The third kappa shape index (κ3) is 3.00. The van der Waals surface area contributed by atoms with Crippen molar-refractivity contribution in [1.29, 1.82) is 0 Å². The molecule has 0 amide bonds. The summed E-state index contributed by atoms with van der Waals surface area (Å²) in [6, 6.07) is 8.53. The lowest BCUT2D eigenvalue weighted by atomic mass is 10.0. The van der Waals surface area contributed by atoms with Crippen LogP contribution in [0.5, 0.6) is 5.75 Å². The van der Waals surface area contributed by atoms with Crippen molar-refractivity contribution in [2.75, 3.05) is 13.2 Å². The lowest BCUT2D eigenvalue weighted by molar-refractivity contribution is 0.238. The molecule has 0 fully saturated rings. The minimum atomic E-state index is 0.113. The number of aliphatic hydroxyl groups is 1. The van der Waals surface area contributed by atoms with Gasteiger partial charge in [-0.3, -0.25) is 4.68 Å². The predicted molar refractivity (Wildman–Crippen MR) is 85.1 cm³/mol. The molecule has 118 valence electrons. The number of nitrogens with zero attached hydrogens (tertiary/aromatic N) is 2. The van der Waals surface area contributed by atoms with Crippen LogP contribution < -0.4 is 10.1 Å². The lowest BCUT2D eigenvalue weighted by Gasteiger charge is -2.26. The van der Waals surface area contributed by atoms with Crippen LogP contribution in [-0.2, 0) is 19.5 Å². The molecule has 3 rings (SSSR count). The summed E-state index contributed by atoms with van der Waals surface area (Å²) >= 11 is 0. The van der Waals surface area contributed by atoms with E-state index < -0.39 is 0 Å². The molecule has 1 atom stereocenters. The van der Waals surface area contributed by atoms with Crippen molar-refractivity contribution in [3.05, 3.63) is 46.8 Å². The third-order valence-corrected chi connectivity index (χ3v) is 4.29. The summed E-state index contributed by atoms with van der Waals surface area (Å²) in [7, 11) is 0. The van der Waals surface area contributed by atoms with Gasteiger partial charge >= 0.3 is 0 Å². The largest absolute Gasteiger partial charge is 0.492 e. The molecule has 0 spiro atoms. The van der Waals surface area contributed by atoms with Gasteiger partial charge in [0.2, 0.25) is 0 Å². The van der Waals surface area contributed by atoms with Crippen LogP contribution in [0.15, 0.2) is 24.3 Å². The molecule has 22 heavy (non-hydrogen) atoms. The van der Waals surface area contributed by atoms with Gasteiger partial charge in [-0.15, -0.1) is 0 Å². The second-order valence-electron chi connectivity index (χ2n) is 5.80. The second-order valence-corrected chi connectivity index (χ2v) is 5.80. The molecule has 0 saturated heterocycles. The maximum absolute atomic E-state index is 9.08. The highest BCUT2D eigenvalue weighted by molar-refractivity contribution is 5.35. The van der Waals surface area contributed by atoms with Crippen molar-refractivity contribution < 1.29 is 9.84 Å². The van der Waals surface area contributed by atoms with Crippen LogP contribution in [0.25, 0.3) is 0 Å². The average Bonchev–Trinajstić information content (AvgIpc) is 2.80. The number of rotatable bonds is 5. The molecule has 1 aromatic heterocycles. The van der Waals surface area contributed by atoms with Crippen LogP contribution in [0.3, 0.4) is 0 Å². The number of hydrogen-bond donors (Lipinski definition) is 2. The van der Waals surface area contributed by atoms with Gasteiger partial charge in [-0.25, -0.2) is 0 Å². The molecule has 0 saturated carbocycles. The fourth-order valence-electron chi connectivity index (χ4n) is 3.01. The minimum Gasteiger partial charge on any atom is -0.492 e. The Morgan fingerprint density at radius 3 is 3.00 bits per heavy atom. The van der Waals surface area contributed by atoms with E-state index in [0.717, 1.165) is 30.1 Å². The number of aryl methyl sites for hydroxylation is 1. The highest BCUT2D eigenvalue weighted by Gasteiger charge is 2.20. The molecule has 1 aromatic carbocycles. The molecule has 5 nitrogen and oxygen atoms in total. The zero-order valence-corrected chi connectivity index (χ0v) is 13.2. The van der Waals surface area contributed by atoms with Gasteiger partial charge < -0.3 is 15.2 Å². The van der Waals surface area contributed by atoms with Crippen molar-refractivity contribution in [3.63, 3.8) is 0 Å². The maximum atomic E-state index is 9.08. The molecule has 2 aromatic rings. The smallest absolute Gasteiger partial charge is 0.122 e. The Morgan fingerprint density at radius 2 is 2.18 bits per heavy atom. The molecule has 1 aliphatic heterocycles. The normalized spacial score (nSPS) is 17.1. The molecular formula is C17H23N3O2. The molecule has 5 heteroatoms. The Kier molecular flexibility index (Phi) is 4.45. The number of benzene rings is 1. The number of aromatic nitrogens is 2. The van der Waals surface area contributed by atoms with E-state index in [2.05, 4.69) is 29.5 Å². The van der Waals surface area contributed by atoms with Crippen molar-refractivity contribution in [2.45, 2.75) is 39.4 Å². The quantitative estimate of drug-likeness (QED) is 0.880. The van der Waals surface area contributed by atoms with E-state index in [-0.39, 0.29) is 6.61 Å². The van der Waals surface area contributed by atoms with Crippen LogP contribution in [-0.4, -0.2) is 34.1 Å². The molecule has 0 bridgehead atoms. The van der Waals surface area contributed by atoms with Crippen LogP contribution in [0, 0.1) is 13.8 Å². The first-order valence-corrected chi connectivity index (χ1v) is 7.77. The van der Waals surface area contributed by atoms with Gasteiger partial charge in [0, 0.05) is 23.8 Å². The number of aliphatic hydroxyl groups excluding tert-OH is 1. The SMILES string of the molecule is Cc1nn(CCO)c(C)c1CNC1COc2ccccc2C1. The summed E-state index contributed by atoms with van der Waals surface area (Å²) < 4.78 is 7.69. The van der Waals surface area contributed by atoms with Gasteiger partial charge in [0.15, 0.2) is 0 Å². The fourth-order valence-corrected chi connectivity index (χ4v) is 3.01. The van der Waals surface area contributed by atoms with Crippen molar-refractivity contribution in [2.24, 2.45) is 0 Å². The zero-order valence-electron chi connectivity index (χ0n) is 13.2. The summed E-state index contributed by atoms with van der Waals surface area (Å²) in [5, 5.41) is 17.1. The van der Waals surface area contributed by atoms with Gasteiger partial charge in [0.25, 0.3) is 0 Å². The van der Waals surface area contributed by atoms with E-state index in [1.807, 2.05) is 23.7 Å². The van der Waals surface area contributed by atoms with Crippen LogP contribution in [0.2, 0.25) is 0 Å². The monoisotopic (exact) mass is 301 g/mol. The van der Waals surface area contributed by atoms with Gasteiger partial charge in [0.1, 0.15) is 12.4 Å². The first-order chi connectivity index (χ1) is 10.7. The molecule has 2 N–H and O–H groups in total. The Bertz CT molecular complexity index is 651.